The molecule has 2 rings (SSSR count). The van der Waals surface area contributed by atoms with Crippen molar-refractivity contribution in [1.82, 2.24) is 10.2 Å². The van der Waals surface area contributed by atoms with Crippen LogP contribution in [0.1, 0.15) is 12.7 Å². The highest BCUT2D eigenvalue weighted by Gasteiger charge is 2.18. The average molecular weight is 260 g/mol. The second kappa shape index (κ2) is 5.89. The summed E-state index contributed by atoms with van der Waals surface area (Å²) in [6.07, 6.45) is 0. The number of rotatable bonds is 5. The van der Waals surface area contributed by atoms with Crippen molar-refractivity contribution in [3.63, 3.8) is 0 Å². The molecule has 0 fully saturated rings. The molecule has 4 nitrogen and oxygen atoms in total. The van der Waals surface area contributed by atoms with Crippen LogP contribution in [0.3, 0.4) is 0 Å². The number of fused-ring (bicyclic) bond motifs is 1. The molecule has 0 radical (unpaired) electrons. The number of nitrogens with zero attached hydrogens (tertiary/aromatic N) is 1. The van der Waals surface area contributed by atoms with Gasteiger partial charge in [-0.1, -0.05) is 25.1 Å². The molecule has 1 heterocycles. The van der Waals surface area contributed by atoms with Crippen molar-refractivity contribution in [3.8, 4) is 0 Å². The highest BCUT2D eigenvalue weighted by atomic mass is 16.3. The lowest BCUT2D eigenvalue weighted by atomic mass is 10.1. The maximum absolute atomic E-state index is 12.1. The molecule has 102 valence electrons. The van der Waals surface area contributed by atoms with Crippen LogP contribution in [0.2, 0.25) is 0 Å². The molecular weight excluding hydrogens is 240 g/mol. The zero-order valence-corrected chi connectivity index (χ0v) is 11.6. The first kappa shape index (κ1) is 13.6. The monoisotopic (exact) mass is 260 g/mol. The summed E-state index contributed by atoms with van der Waals surface area (Å²) in [4.78, 5) is 13.8. The Morgan fingerprint density at radius 1 is 1.42 bits per heavy atom. The van der Waals surface area contributed by atoms with Gasteiger partial charge in [-0.3, -0.25) is 4.79 Å². The molecule has 0 bridgehead atoms. The van der Waals surface area contributed by atoms with Gasteiger partial charge in [0, 0.05) is 24.9 Å². The molecule has 2 aromatic rings. The summed E-state index contributed by atoms with van der Waals surface area (Å²) in [6, 6.07) is 9.85. The summed E-state index contributed by atoms with van der Waals surface area (Å²) in [7, 11) is 3.66. The van der Waals surface area contributed by atoms with E-state index in [1.54, 1.807) is 4.90 Å². The Morgan fingerprint density at radius 3 is 2.84 bits per heavy atom. The van der Waals surface area contributed by atoms with Gasteiger partial charge in [-0.25, -0.2) is 0 Å². The van der Waals surface area contributed by atoms with Gasteiger partial charge in [-0.15, -0.1) is 0 Å². The lowest BCUT2D eigenvalue weighted by Gasteiger charge is -2.20. The predicted octanol–water partition coefficient (Wildman–Crippen LogP) is 2.25. The van der Waals surface area contributed by atoms with Crippen LogP contribution in [0.15, 0.2) is 34.7 Å². The third kappa shape index (κ3) is 3.15. The van der Waals surface area contributed by atoms with E-state index in [0.29, 0.717) is 13.1 Å². The van der Waals surface area contributed by atoms with E-state index >= 15 is 0 Å². The van der Waals surface area contributed by atoms with Gasteiger partial charge in [-0.2, -0.15) is 0 Å². The maximum Gasteiger partial charge on any atom is 0.226 e. The Morgan fingerprint density at radius 2 is 2.16 bits per heavy atom. The van der Waals surface area contributed by atoms with Crippen molar-refractivity contribution in [2.45, 2.75) is 13.5 Å². The SMILES string of the molecule is CNCC(C)C(=O)N(C)Cc1cc2ccccc2o1. The second-order valence-electron chi connectivity index (χ2n) is 4.90. The molecular formula is C15H20N2O2. The lowest BCUT2D eigenvalue weighted by molar-refractivity contribution is -0.134. The van der Waals surface area contributed by atoms with Gasteiger partial charge in [0.15, 0.2) is 0 Å². The molecule has 19 heavy (non-hydrogen) atoms. The van der Waals surface area contributed by atoms with Gasteiger partial charge < -0.3 is 14.6 Å². The highest BCUT2D eigenvalue weighted by molar-refractivity contribution is 5.79. The van der Waals surface area contributed by atoms with E-state index in [1.165, 1.54) is 0 Å². The summed E-state index contributed by atoms with van der Waals surface area (Å²) in [5, 5.41) is 4.09. The summed E-state index contributed by atoms with van der Waals surface area (Å²) < 4.78 is 5.72. The van der Waals surface area contributed by atoms with Crippen molar-refractivity contribution < 1.29 is 9.21 Å². The third-order valence-electron chi connectivity index (χ3n) is 3.18. The first-order chi connectivity index (χ1) is 9.11. The maximum atomic E-state index is 12.1. The molecule has 0 aliphatic heterocycles. The minimum absolute atomic E-state index is 0.0284. The van der Waals surface area contributed by atoms with Gasteiger partial charge in [0.2, 0.25) is 5.91 Å². The Labute approximate surface area is 113 Å². The standard InChI is InChI=1S/C15H20N2O2/c1-11(9-16-2)15(18)17(3)10-13-8-12-6-4-5-7-14(12)19-13/h4-8,11,16H,9-10H2,1-3H3. The summed E-state index contributed by atoms with van der Waals surface area (Å²) in [5.41, 5.74) is 0.863. The normalized spacial score (nSPS) is 12.6. The average Bonchev–Trinajstić information content (AvgIpc) is 2.80. The zero-order chi connectivity index (χ0) is 13.8. The third-order valence-corrected chi connectivity index (χ3v) is 3.18. The van der Waals surface area contributed by atoms with E-state index in [-0.39, 0.29) is 11.8 Å². The second-order valence-corrected chi connectivity index (χ2v) is 4.90. The van der Waals surface area contributed by atoms with Crippen molar-refractivity contribution in [1.29, 1.82) is 0 Å². The molecule has 1 N–H and O–H groups in total. The van der Waals surface area contributed by atoms with Gasteiger partial charge in [-0.05, 0) is 19.2 Å². The Balaban J connectivity index is 2.05. The van der Waals surface area contributed by atoms with Gasteiger partial charge >= 0.3 is 0 Å². The van der Waals surface area contributed by atoms with Crippen molar-refractivity contribution in [2.75, 3.05) is 20.6 Å². The van der Waals surface area contributed by atoms with Crippen LogP contribution in [-0.2, 0) is 11.3 Å². The van der Waals surface area contributed by atoms with E-state index in [0.717, 1.165) is 16.7 Å². The van der Waals surface area contributed by atoms with E-state index in [2.05, 4.69) is 5.32 Å². The topological polar surface area (TPSA) is 45.5 Å². The van der Waals surface area contributed by atoms with E-state index in [1.807, 2.05) is 51.4 Å². The van der Waals surface area contributed by atoms with Crippen molar-refractivity contribution >= 4 is 16.9 Å². The summed E-state index contributed by atoms with van der Waals surface area (Å²) in [6.45, 7) is 3.11. The molecule has 0 spiro atoms. The molecule has 0 saturated carbocycles. The number of hydrogen-bond donors (Lipinski definition) is 1. The number of benzene rings is 1. The number of para-hydroxylation sites is 1. The van der Waals surface area contributed by atoms with Gasteiger partial charge in [0.05, 0.1) is 6.54 Å². The molecule has 4 heteroatoms. The molecule has 1 atom stereocenters. The summed E-state index contributed by atoms with van der Waals surface area (Å²) in [5.74, 6) is 0.905. The molecule has 1 aromatic heterocycles. The Kier molecular flexibility index (Phi) is 4.22. The predicted molar refractivity (Wildman–Crippen MR) is 75.8 cm³/mol. The number of nitrogens with one attached hydrogen (secondary N) is 1. The van der Waals surface area contributed by atoms with Gasteiger partial charge in [0.25, 0.3) is 0 Å². The van der Waals surface area contributed by atoms with E-state index in [9.17, 15) is 4.79 Å². The number of amides is 1. The Bertz CT molecular complexity index is 529. The van der Waals surface area contributed by atoms with Gasteiger partial charge in [0.1, 0.15) is 11.3 Å². The molecule has 0 aliphatic rings. The van der Waals surface area contributed by atoms with Crippen LogP contribution in [0, 0.1) is 5.92 Å². The number of carbonyl (C=O) groups is 1. The zero-order valence-electron chi connectivity index (χ0n) is 11.6. The van der Waals surface area contributed by atoms with Crippen LogP contribution in [0.4, 0.5) is 0 Å². The number of furan rings is 1. The molecule has 0 saturated heterocycles. The molecule has 1 aromatic carbocycles. The van der Waals surface area contributed by atoms with Crippen molar-refractivity contribution in [3.05, 3.63) is 36.1 Å². The lowest BCUT2D eigenvalue weighted by Crippen LogP contribution is -2.35. The largest absolute Gasteiger partial charge is 0.459 e. The highest BCUT2D eigenvalue weighted by Crippen LogP contribution is 2.20. The van der Waals surface area contributed by atoms with Crippen LogP contribution in [0.25, 0.3) is 11.0 Å². The fourth-order valence-electron chi connectivity index (χ4n) is 2.20. The molecule has 1 unspecified atom stereocenters. The first-order valence-corrected chi connectivity index (χ1v) is 6.49. The molecule has 0 aliphatic carbocycles. The minimum Gasteiger partial charge on any atom is -0.459 e. The fraction of sp³-hybridized carbons (Fsp3) is 0.400. The van der Waals surface area contributed by atoms with E-state index < -0.39 is 0 Å². The summed E-state index contributed by atoms with van der Waals surface area (Å²) >= 11 is 0. The quantitative estimate of drug-likeness (QED) is 0.896. The number of carbonyl (C=O) groups excluding carboxylic acids is 1. The van der Waals surface area contributed by atoms with Crippen LogP contribution in [-0.4, -0.2) is 31.4 Å². The van der Waals surface area contributed by atoms with Crippen LogP contribution >= 0.6 is 0 Å². The fourth-order valence-corrected chi connectivity index (χ4v) is 2.20. The van der Waals surface area contributed by atoms with Crippen LogP contribution in [0.5, 0.6) is 0 Å². The number of hydrogen-bond acceptors (Lipinski definition) is 3. The first-order valence-electron chi connectivity index (χ1n) is 6.49. The molecule has 1 amide bonds. The van der Waals surface area contributed by atoms with Crippen LogP contribution < -0.4 is 5.32 Å². The smallest absolute Gasteiger partial charge is 0.226 e. The van der Waals surface area contributed by atoms with E-state index in [4.69, 9.17) is 4.42 Å². The minimum atomic E-state index is -0.0284. The van der Waals surface area contributed by atoms with Crippen molar-refractivity contribution in [2.24, 2.45) is 5.92 Å². The Hall–Kier alpha value is -1.81.